The largest absolute Gasteiger partial charge is 0.368 e. The van der Waals surface area contributed by atoms with E-state index in [1.807, 2.05) is 11.3 Å². The van der Waals surface area contributed by atoms with Gasteiger partial charge in [-0.15, -0.1) is 22.7 Å². The molecule has 1 aliphatic heterocycles. The minimum atomic E-state index is 0.479. The van der Waals surface area contributed by atoms with Crippen LogP contribution in [0.2, 0.25) is 0 Å². The highest BCUT2D eigenvalue weighted by Gasteiger charge is 2.21. The van der Waals surface area contributed by atoms with Crippen molar-refractivity contribution in [2.24, 2.45) is 0 Å². The van der Waals surface area contributed by atoms with Gasteiger partial charge in [-0.1, -0.05) is 0 Å². The molecule has 6 heteroatoms. The Balaban J connectivity index is 1.44. The van der Waals surface area contributed by atoms with Crippen molar-refractivity contribution < 1.29 is 0 Å². The molecule has 0 aromatic carbocycles. The molecule has 1 unspecified atom stereocenters. The Labute approximate surface area is 144 Å². The Morgan fingerprint density at radius 3 is 3.22 bits per heavy atom. The normalized spacial score (nSPS) is 16.4. The van der Waals surface area contributed by atoms with Crippen LogP contribution in [0.4, 0.5) is 5.82 Å². The van der Waals surface area contributed by atoms with Crippen molar-refractivity contribution in [1.29, 1.82) is 0 Å². The topological polar surface area (TPSA) is 41.0 Å². The number of fused-ring (bicyclic) bond motifs is 2. The Morgan fingerprint density at radius 2 is 2.30 bits per heavy atom. The highest BCUT2D eigenvalue weighted by molar-refractivity contribution is 7.18. The zero-order valence-electron chi connectivity index (χ0n) is 13.4. The van der Waals surface area contributed by atoms with Crippen LogP contribution in [-0.2, 0) is 13.0 Å². The SMILES string of the molecule is Cc1cc2c(NCC(C)N3CCc4sccc4C3)ncnc2s1. The molecular formula is C17H20N4S2. The molecule has 4 heterocycles. The summed E-state index contributed by atoms with van der Waals surface area (Å²) in [6, 6.07) is 4.92. The second kappa shape index (κ2) is 6.19. The van der Waals surface area contributed by atoms with Crippen molar-refractivity contribution in [2.75, 3.05) is 18.4 Å². The lowest BCUT2D eigenvalue weighted by Crippen LogP contribution is -2.40. The monoisotopic (exact) mass is 344 g/mol. The van der Waals surface area contributed by atoms with E-state index in [4.69, 9.17) is 0 Å². The summed E-state index contributed by atoms with van der Waals surface area (Å²) in [5, 5.41) is 6.89. The third-order valence-corrected chi connectivity index (χ3v) is 6.46. The average molecular weight is 345 g/mol. The van der Waals surface area contributed by atoms with Gasteiger partial charge in [0.1, 0.15) is 17.0 Å². The molecule has 0 radical (unpaired) electrons. The van der Waals surface area contributed by atoms with Gasteiger partial charge in [0, 0.05) is 35.4 Å². The first kappa shape index (κ1) is 15.1. The second-order valence-electron chi connectivity index (χ2n) is 6.12. The molecule has 3 aromatic heterocycles. The van der Waals surface area contributed by atoms with E-state index in [2.05, 4.69) is 51.5 Å². The van der Waals surface area contributed by atoms with Gasteiger partial charge in [0.25, 0.3) is 0 Å². The predicted molar refractivity (Wildman–Crippen MR) is 98.5 cm³/mol. The van der Waals surface area contributed by atoms with E-state index in [1.54, 1.807) is 22.5 Å². The molecular weight excluding hydrogens is 324 g/mol. The molecule has 0 saturated heterocycles. The van der Waals surface area contributed by atoms with Crippen LogP contribution in [-0.4, -0.2) is 34.0 Å². The van der Waals surface area contributed by atoms with Gasteiger partial charge in [0.15, 0.2) is 0 Å². The average Bonchev–Trinajstić information content (AvgIpc) is 3.16. The van der Waals surface area contributed by atoms with Crippen LogP contribution in [0.25, 0.3) is 10.2 Å². The molecule has 120 valence electrons. The van der Waals surface area contributed by atoms with Gasteiger partial charge < -0.3 is 5.32 Å². The van der Waals surface area contributed by atoms with E-state index in [-0.39, 0.29) is 0 Å². The molecule has 0 bridgehead atoms. The lowest BCUT2D eigenvalue weighted by atomic mass is 10.1. The van der Waals surface area contributed by atoms with E-state index in [1.165, 1.54) is 16.9 Å². The number of hydrogen-bond donors (Lipinski definition) is 1. The molecule has 0 amide bonds. The molecule has 0 spiro atoms. The van der Waals surface area contributed by atoms with Gasteiger partial charge in [-0.2, -0.15) is 0 Å². The Kier molecular flexibility index (Phi) is 4.05. The number of aromatic nitrogens is 2. The van der Waals surface area contributed by atoms with Gasteiger partial charge in [0.05, 0.1) is 5.39 Å². The van der Waals surface area contributed by atoms with Crippen LogP contribution < -0.4 is 5.32 Å². The van der Waals surface area contributed by atoms with E-state index in [9.17, 15) is 0 Å². The number of hydrogen-bond acceptors (Lipinski definition) is 6. The maximum atomic E-state index is 4.43. The Morgan fingerprint density at radius 1 is 1.39 bits per heavy atom. The van der Waals surface area contributed by atoms with Crippen molar-refractivity contribution in [3.63, 3.8) is 0 Å². The Bertz CT molecular complexity index is 823. The maximum absolute atomic E-state index is 4.43. The summed E-state index contributed by atoms with van der Waals surface area (Å²) in [4.78, 5) is 15.2. The van der Waals surface area contributed by atoms with Crippen LogP contribution in [0.1, 0.15) is 22.2 Å². The van der Waals surface area contributed by atoms with Crippen LogP contribution >= 0.6 is 22.7 Å². The van der Waals surface area contributed by atoms with Crippen molar-refractivity contribution in [3.8, 4) is 0 Å². The van der Waals surface area contributed by atoms with Gasteiger partial charge >= 0.3 is 0 Å². The number of aryl methyl sites for hydroxylation is 1. The van der Waals surface area contributed by atoms with Crippen molar-refractivity contribution in [2.45, 2.75) is 32.9 Å². The molecule has 0 fully saturated rings. The lowest BCUT2D eigenvalue weighted by molar-refractivity contribution is 0.200. The first-order valence-corrected chi connectivity index (χ1v) is 9.64. The number of thiophene rings is 2. The number of anilines is 1. The molecule has 1 aliphatic rings. The Hall–Kier alpha value is -1.50. The summed E-state index contributed by atoms with van der Waals surface area (Å²) >= 11 is 3.62. The first-order valence-electron chi connectivity index (χ1n) is 7.95. The van der Waals surface area contributed by atoms with Crippen LogP contribution in [0.3, 0.4) is 0 Å². The minimum Gasteiger partial charge on any atom is -0.368 e. The predicted octanol–water partition coefficient (Wildman–Crippen LogP) is 3.92. The number of nitrogens with one attached hydrogen (secondary N) is 1. The van der Waals surface area contributed by atoms with Crippen molar-refractivity contribution in [3.05, 3.63) is 39.2 Å². The van der Waals surface area contributed by atoms with E-state index in [0.717, 1.165) is 35.7 Å². The molecule has 0 saturated carbocycles. The molecule has 4 nitrogen and oxygen atoms in total. The second-order valence-corrected chi connectivity index (χ2v) is 8.35. The van der Waals surface area contributed by atoms with E-state index >= 15 is 0 Å². The summed E-state index contributed by atoms with van der Waals surface area (Å²) in [5.41, 5.74) is 1.51. The third kappa shape index (κ3) is 2.98. The fourth-order valence-corrected chi connectivity index (χ4v) is 4.87. The maximum Gasteiger partial charge on any atom is 0.138 e. The summed E-state index contributed by atoms with van der Waals surface area (Å²) < 4.78 is 0. The first-order chi connectivity index (χ1) is 11.2. The molecule has 4 rings (SSSR count). The highest BCUT2D eigenvalue weighted by atomic mass is 32.1. The van der Waals surface area contributed by atoms with Gasteiger partial charge in [-0.05, 0) is 43.3 Å². The van der Waals surface area contributed by atoms with Crippen LogP contribution in [0.15, 0.2) is 23.8 Å². The fraction of sp³-hybridized carbons (Fsp3) is 0.412. The summed E-state index contributed by atoms with van der Waals surface area (Å²) in [6.07, 6.45) is 2.84. The van der Waals surface area contributed by atoms with Crippen molar-refractivity contribution in [1.82, 2.24) is 14.9 Å². The smallest absolute Gasteiger partial charge is 0.138 e. The van der Waals surface area contributed by atoms with E-state index < -0.39 is 0 Å². The van der Waals surface area contributed by atoms with Crippen LogP contribution in [0, 0.1) is 6.92 Å². The summed E-state index contributed by atoms with van der Waals surface area (Å²) in [6.45, 7) is 7.53. The van der Waals surface area contributed by atoms with E-state index in [0.29, 0.717) is 6.04 Å². The molecule has 3 aromatic rings. The zero-order chi connectivity index (χ0) is 15.8. The zero-order valence-corrected chi connectivity index (χ0v) is 15.0. The molecule has 1 N–H and O–H groups in total. The highest BCUT2D eigenvalue weighted by Crippen LogP contribution is 2.28. The summed E-state index contributed by atoms with van der Waals surface area (Å²) in [7, 11) is 0. The van der Waals surface area contributed by atoms with Crippen molar-refractivity contribution >= 4 is 38.7 Å². The third-order valence-electron chi connectivity index (χ3n) is 4.48. The van der Waals surface area contributed by atoms with Gasteiger partial charge in [-0.3, -0.25) is 4.90 Å². The van der Waals surface area contributed by atoms with Gasteiger partial charge in [-0.25, -0.2) is 9.97 Å². The molecule has 1 atom stereocenters. The fourth-order valence-electron chi connectivity index (χ4n) is 3.14. The standard InChI is InChI=1S/C17H20N4S2/c1-11(21-5-3-15-13(9-21)4-6-22-15)8-18-16-14-7-12(2)23-17(14)20-10-19-16/h4,6-7,10-11H,3,5,8-9H2,1-2H3,(H,18,19,20). The summed E-state index contributed by atoms with van der Waals surface area (Å²) in [5.74, 6) is 0.958. The quantitative estimate of drug-likeness (QED) is 0.779. The number of rotatable bonds is 4. The minimum absolute atomic E-state index is 0.479. The number of nitrogens with zero attached hydrogens (tertiary/aromatic N) is 3. The van der Waals surface area contributed by atoms with Crippen LogP contribution in [0.5, 0.6) is 0 Å². The molecule has 0 aliphatic carbocycles. The lowest BCUT2D eigenvalue weighted by Gasteiger charge is -2.32. The van der Waals surface area contributed by atoms with Gasteiger partial charge in [0.2, 0.25) is 0 Å². The molecule has 23 heavy (non-hydrogen) atoms.